The highest BCUT2D eigenvalue weighted by atomic mass is 15.4. The maximum atomic E-state index is 5.93. The van der Waals surface area contributed by atoms with Gasteiger partial charge in [0, 0.05) is 5.10 Å². The molecule has 0 fully saturated rings. The van der Waals surface area contributed by atoms with E-state index in [9.17, 15) is 0 Å². The predicted octanol–water partition coefficient (Wildman–Crippen LogP) is 0.712. The number of hydrogen-bond acceptors (Lipinski definition) is 5. The van der Waals surface area contributed by atoms with Gasteiger partial charge >= 0.3 is 0 Å². The monoisotopic (exact) mass is 267 g/mol. The first-order chi connectivity index (χ1) is 9.66. The molecule has 0 amide bonds. The van der Waals surface area contributed by atoms with Crippen molar-refractivity contribution in [3.63, 3.8) is 0 Å². The number of nitrogens with zero attached hydrogens (tertiary/aromatic N) is 3. The van der Waals surface area contributed by atoms with Gasteiger partial charge < -0.3 is 17.2 Å². The highest BCUT2D eigenvalue weighted by Crippen LogP contribution is 2.19. The van der Waals surface area contributed by atoms with Gasteiger partial charge in [-0.15, -0.1) is 4.68 Å². The smallest absolute Gasteiger partial charge is 0.267 e. The van der Waals surface area contributed by atoms with Crippen molar-refractivity contribution in [2.45, 2.75) is 6.54 Å². The molecule has 3 aromatic rings. The van der Waals surface area contributed by atoms with E-state index in [-0.39, 0.29) is 11.5 Å². The van der Waals surface area contributed by atoms with E-state index in [1.807, 2.05) is 24.3 Å². The Morgan fingerprint density at radius 1 is 0.950 bits per heavy atom. The summed E-state index contributed by atoms with van der Waals surface area (Å²) in [6.45, 7) is 0.491. The van der Waals surface area contributed by atoms with Crippen molar-refractivity contribution in [2.75, 3.05) is 17.2 Å². The molecule has 0 saturated heterocycles. The molecule has 0 spiro atoms. The van der Waals surface area contributed by atoms with Gasteiger partial charge in [-0.05, 0) is 16.3 Å². The van der Waals surface area contributed by atoms with Crippen molar-refractivity contribution >= 4 is 28.1 Å². The van der Waals surface area contributed by atoms with Gasteiger partial charge in [0.25, 0.3) is 11.6 Å². The summed E-state index contributed by atoms with van der Waals surface area (Å²) >= 11 is 0. The normalized spacial score (nSPS) is 10.8. The molecular formula is C14H15N6+. The van der Waals surface area contributed by atoms with E-state index in [0.717, 1.165) is 10.9 Å². The maximum Gasteiger partial charge on any atom is 0.267 e. The van der Waals surface area contributed by atoms with Gasteiger partial charge in [0.1, 0.15) is 6.54 Å². The van der Waals surface area contributed by atoms with Gasteiger partial charge in [0.2, 0.25) is 0 Å². The van der Waals surface area contributed by atoms with Crippen LogP contribution in [-0.4, -0.2) is 10.3 Å². The molecule has 0 radical (unpaired) electrons. The third-order valence-electron chi connectivity index (χ3n) is 3.29. The van der Waals surface area contributed by atoms with Crippen LogP contribution in [0.15, 0.2) is 42.5 Å². The minimum atomic E-state index is 0.150. The highest BCUT2D eigenvalue weighted by Gasteiger charge is 2.15. The van der Waals surface area contributed by atoms with Crippen LogP contribution in [0.2, 0.25) is 0 Å². The predicted molar refractivity (Wildman–Crippen MR) is 78.5 cm³/mol. The SMILES string of the molecule is Nc1nn[n+](Cc2cccc3ccccc23)c(N)c1N. The molecule has 0 bridgehead atoms. The van der Waals surface area contributed by atoms with Crippen LogP contribution in [0.4, 0.5) is 17.3 Å². The van der Waals surface area contributed by atoms with Crippen molar-refractivity contribution in [2.24, 2.45) is 0 Å². The van der Waals surface area contributed by atoms with Gasteiger partial charge in [-0.3, -0.25) is 0 Å². The van der Waals surface area contributed by atoms with Gasteiger partial charge in [-0.1, -0.05) is 42.5 Å². The summed E-state index contributed by atoms with van der Waals surface area (Å²) in [5.41, 5.74) is 18.6. The van der Waals surface area contributed by atoms with Gasteiger partial charge in [0.15, 0.2) is 5.69 Å². The maximum absolute atomic E-state index is 5.93. The molecule has 0 atom stereocenters. The Bertz CT molecular complexity index is 778. The van der Waals surface area contributed by atoms with E-state index >= 15 is 0 Å². The third kappa shape index (κ3) is 1.97. The summed E-state index contributed by atoms with van der Waals surface area (Å²) in [5.74, 6) is 0.474. The average Bonchev–Trinajstić information content (AvgIpc) is 2.48. The van der Waals surface area contributed by atoms with E-state index in [1.165, 1.54) is 5.39 Å². The van der Waals surface area contributed by atoms with Crippen molar-refractivity contribution in [3.05, 3.63) is 48.0 Å². The molecule has 2 aromatic carbocycles. The van der Waals surface area contributed by atoms with E-state index < -0.39 is 0 Å². The second kappa shape index (κ2) is 4.65. The summed E-state index contributed by atoms with van der Waals surface area (Å²) in [6, 6.07) is 14.2. The first kappa shape index (κ1) is 12.2. The zero-order chi connectivity index (χ0) is 14.1. The fraction of sp³-hybridized carbons (Fsp3) is 0.0714. The molecule has 3 rings (SSSR count). The van der Waals surface area contributed by atoms with Crippen LogP contribution in [-0.2, 0) is 6.54 Å². The summed E-state index contributed by atoms with van der Waals surface area (Å²) in [4.78, 5) is 0. The molecule has 0 aliphatic rings. The first-order valence-corrected chi connectivity index (χ1v) is 6.20. The van der Waals surface area contributed by atoms with Crippen LogP contribution in [0.25, 0.3) is 10.8 Å². The fourth-order valence-electron chi connectivity index (χ4n) is 2.18. The number of benzene rings is 2. The Balaban J connectivity index is 2.08. The molecular weight excluding hydrogens is 252 g/mol. The number of anilines is 3. The van der Waals surface area contributed by atoms with E-state index in [1.54, 1.807) is 4.68 Å². The van der Waals surface area contributed by atoms with Crippen LogP contribution in [0.1, 0.15) is 5.56 Å². The van der Waals surface area contributed by atoms with E-state index in [4.69, 9.17) is 17.2 Å². The topological polar surface area (TPSA) is 108 Å². The van der Waals surface area contributed by atoms with Crippen LogP contribution in [0.5, 0.6) is 0 Å². The highest BCUT2D eigenvalue weighted by molar-refractivity contribution is 5.85. The van der Waals surface area contributed by atoms with Crippen LogP contribution in [0.3, 0.4) is 0 Å². The fourth-order valence-corrected chi connectivity index (χ4v) is 2.18. The number of nitrogens with two attached hydrogens (primary N) is 3. The molecule has 0 aliphatic carbocycles. The lowest BCUT2D eigenvalue weighted by atomic mass is 10.0. The van der Waals surface area contributed by atoms with E-state index in [0.29, 0.717) is 12.4 Å². The number of hydrogen-bond donors (Lipinski definition) is 3. The van der Waals surface area contributed by atoms with Crippen LogP contribution in [0, 0.1) is 0 Å². The Hall–Kier alpha value is -2.89. The number of nitrogen functional groups attached to an aromatic ring is 3. The number of rotatable bonds is 2. The molecule has 0 saturated carbocycles. The molecule has 20 heavy (non-hydrogen) atoms. The minimum Gasteiger partial charge on any atom is -0.389 e. The Kier molecular flexibility index (Phi) is 2.83. The molecule has 1 aromatic heterocycles. The second-order valence-corrected chi connectivity index (χ2v) is 4.57. The molecule has 0 aliphatic heterocycles. The summed E-state index contributed by atoms with van der Waals surface area (Å²) in [5, 5.41) is 10.1. The third-order valence-corrected chi connectivity index (χ3v) is 3.29. The van der Waals surface area contributed by atoms with Gasteiger partial charge in [0.05, 0.1) is 5.21 Å². The lowest BCUT2D eigenvalue weighted by Gasteiger charge is -2.07. The zero-order valence-electron chi connectivity index (χ0n) is 10.8. The first-order valence-electron chi connectivity index (χ1n) is 6.20. The van der Waals surface area contributed by atoms with Crippen molar-refractivity contribution in [1.82, 2.24) is 10.3 Å². The van der Waals surface area contributed by atoms with Crippen LogP contribution >= 0.6 is 0 Å². The molecule has 6 nitrogen and oxygen atoms in total. The van der Waals surface area contributed by atoms with Crippen molar-refractivity contribution < 1.29 is 4.68 Å². The molecule has 100 valence electrons. The average molecular weight is 267 g/mol. The van der Waals surface area contributed by atoms with Crippen LogP contribution < -0.4 is 21.9 Å². The minimum absolute atomic E-state index is 0.150. The van der Waals surface area contributed by atoms with Gasteiger partial charge in [-0.25, -0.2) is 0 Å². The van der Waals surface area contributed by atoms with E-state index in [2.05, 4.69) is 28.5 Å². The molecule has 6 heteroatoms. The van der Waals surface area contributed by atoms with Gasteiger partial charge in [-0.2, -0.15) is 0 Å². The lowest BCUT2D eigenvalue weighted by molar-refractivity contribution is -0.736. The number of fused-ring (bicyclic) bond motifs is 1. The zero-order valence-corrected chi connectivity index (χ0v) is 10.8. The molecule has 0 unspecified atom stereocenters. The molecule has 6 N–H and O–H groups in total. The molecule has 1 heterocycles. The van der Waals surface area contributed by atoms with Crippen molar-refractivity contribution in [1.29, 1.82) is 0 Å². The summed E-state index contributed by atoms with van der Waals surface area (Å²) in [7, 11) is 0. The standard InChI is InChI=1S/C14H14N6/c15-12-13(16)18-19-20(14(12)17)8-10-6-3-5-9-4-1-2-7-11(9)10/h1-7H,8H2,(H5,15,16,17,18,19)/p+1. The summed E-state index contributed by atoms with van der Waals surface area (Å²) < 4.78 is 1.55. The lowest BCUT2D eigenvalue weighted by Crippen LogP contribution is -2.43. The second-order valence-electron chi connectivity index (χ2n) is 4.57. The summed E-state index contributed by atoms with van der Waals surface area (Å²) in [6.07, 6.45) is 0. The Labute approximate surface area is 115 Å². The largest absolute Gasteiger partial charge is 0.389 e. The van der Waals surface area contributed by atoms with Crippen molar-refractivity contribution in [3.8, 4) is 0 Å². The Morgan fingerprint density at radius 2 is 1.70 bits per heavy atom. The number of aromatic nitrogens is 3. The Morgan fingerprint density at radius 3 is 2.55 bits per heavy atom. The quantitative estimate of drug-likeness (QED) is 0.593.